The molecule has 0 atom stereocenters. The summed E-state index contributed by atoms with van der Waals surface area (Å²) in [5.41, 5.74) is 0.434. The number of nitrogens with zero attached hydrogens (tertiary/aromatic N) is 1. The van der Waals surface area contributed by atoms with Gasteiger partial charge in [0.2, 0.25) is 11.8 Å². The van der Waals surface area contributed by atoms with Gasteiger partial charge in [-0.25, -0.2) is 0 Å². The Kier molecular flexibility index (Phi) is 3.64. The van der Waals surface area contributed by atoms with Gasteiger partial charge < -0.3 is 10.2 Å². The van der Waals surface area contributed by atoms with Gasteiger partial charge in [0, 0.05) is 26.1 Å². The normalized spacial score (nSPS) is 24.5. The molecule has 0 aromatic rings. The summed E-state index contributed by atoms with van der Waals surface area (Å²) < 4.78 is 0. The summed E-state index contributed by atoms with van der Waals surface area (Å²) in [6, 6.07) is 0.344. The fraction of sp³-hybridized carbons (Fsp3) is 0.857. The van der Waals surface area contributed by atoms with Crippen molar-refractivity contribution in [3.63, 3.8) is 0 Å². The van der Waals surface area contributed by atoms with E-state index in [1.165, 1.54) is 12.8 Å². The first-order chi connectivity index (χ1) is 8.37. The first-order valence-corrected chi connectivity index (χ1v) is 6.93. The quantitative estimate of drug-likeness (QED) is 0.810. The number of rotatable bonds is 2. The van der Waals surface area contributed by atoms with E-state index in [4.69, 9.17) is 0 Å². The van der Waals surface area contributed by atoms with Crippen LogP contribution in [0.5, 0.6) is 0 Å². The Morgan fingerprint density at radius 2 is 1.72 bits per heavy atom. The van der Waals surface area contributed by atoms with Gasteiger partial charge >= 0.3 is 0 Å². The van der Waals surface area contributed by atoms with Gasteiger partial charge in [-0.1, -0.05) is 13.8 Å². The Bertz CT molecular complexity index is 336. The molecule has 0 aromatic carbocycles. The zero-order valence-electron chi connectivity index (χ0n) is 11.7. The van der Waals surface area contributed by atoms with Gasteiger partial charge in [-0.3, -0.25) is 9.59 Å². The summed E-state index contributed by atoms with van der Waals surface area (Å²) in [6.45, 7) is 7.33. The van der Waals surface area contributed by atoms with Crippen LogP contribution in [0.3, 0.4) is 0 Å². The number of carbonyl (C=O) groups is 2. The highest BCUT2D eigenvalue weighted by atomic mass is 16.2. The molecular weight excluding hydrogens is 228 g/mol. The van der Waals surface area contributed by atoms with E-state index in [1.54, 1.807) is 11.8 Å². The van der Waals surface area contributed by atoms with E-state index >= 15 is 0 Å². The average molecular weight is 252 g/mol. The molecule has 0 radical (unpaired) electrons. The molecule has 1 saturated carbocycles. The average Bonchev–Trinajstić information content (AvgIpc) is 2.18. The number of hydrogen-bond acceptors (Lipinski definition) is 2. The van der Waals surface area contributed by atoms with Crippen molar-refractivity contribution in [3.05, 3.63) is 0 Å². The minimum Gasteiger partial charge on any atom is -0.353 e. The molecule has 1 aliphatic heterocycles. The van der Waals surface area contributed by atoms with E-state index in [0.29, 0.717) is 24.5 Å². The van der Waals surface area contributed by atoms with E-state index < -0.39 is 0 Å². The van der Waals surface area contributed by atoms with Crippen LogP contribution in [0.1, 0.15) is 46.5 Å². The van der Waals surface area contributed by atoms with Crippen molar-refractivity contribution in [2.24, 2.45) is 11.3 Å². The minimum absolute atomic E-state index is 0.0174. The zero-order valence-corrected chi connectivity index (χ0v) is 11.7. The molecule has 2 fully saturated rings. The van der Waals surface area contributed by atoms with Crippen LogP contribution in [-0.4, -0.2) is 35.8 Å². The largest absolute Gasteiger partial charge is 0.353 e. The summed E-state index contributed by atoms with van der Waals surface area (Å²) >= 11 is 0. The number of nitrogens with one attached hydrogen (secondary N) is 1. The fourth-order valence-corrected chi connectivity index (χ4v) is 2.76. The van der Waals surface area contributed by atoms with Crippen molar-refractivity contribution < 1.29 is 9.59 Å². The molecule has 0 spiro atoms. The van der Waals surface area contributed by atoms with Gasteiger partial charge in [-0.15, -0.1) is 0 Å². The second-order valence-corrected chi connectivity index (χ2v) is 6.57. The number of hydrogen-bond donors (Lipinski definition) is 1. The van der Waals surface area contributed by atoms with E-state index in [2.05, 4.69) is 19.2 Å². The highest BCUT2D eigenvalue weighted by molar-refractivity contribution is 5.83. The molecule has 4 nitrogen and oxygen atoms in total. The van der Waals surface area contributed by atoms with E-state index in [9.17, 15) is 9.59 Å². The summed E-state index contributed by atoms with van der Waals surface area (Å²) in [5, 5.41) is 3.14. The predicted octanol–water partition coefficient (Wildman–Crippen LogP) is 1.55. The van der Waals surface area contributed by atoms with Crippen LogP contribution < -0.4 is 5.32 Å². The lowest BCUT2D eigenvalue weighted by Gasteiger charge is -2.39. The minimum atomic E-state index is 0.0174. The third-order valence-corrected chi connectivity index (χ3v) is 4.38. The molecule has 1 heterocycles. The van der Waals surface area contributed by atoms with Crippen LogP contribution in [0.25, 0.3) is 0 Å². The van der Waals surface area contributed by atoms with E-state index in [0.717, 1.165) is 12.8 Å². The molecule has 2 amide bonds. The fourth-order valence-electron chi connectivity index (χ4n) is 2.76. The second-order valence-electron chi connectivity index (χ2n) is 6.57. The highest BCUT2D eigenvalue weighted by Crippen LogP contribution is 2.35. The summed E-state index contributed by atoms with van der Waals surface area (Å²) in [7, 11) is 0. The Morgan fingerprint density at radius 3 is 2.22 bits per heavy atom. The highest BCUT2D eigenvalue weighted by Gasteiger charge is 2.35. The van der Waals surface area contributed by atoms with Gasteiger partial charge in [0.15, 0.2) is 0 Å². The Hall–Kier alpha value is -1.06. The maximum absolute atomic E-state index is 12.0. The molecule has 0 aromatic heterocycles. The topological polar surface area (TPSA) is 49.4 Å². The number of amides is 2. The number of likely N-dealkylation sites (tertiary alicyclic amines) is 1. The van der Waals surface area contributed by atoms with Crippen molar-refractivity contribution in [2.45, 2.75) is 52.5 Å². The van der Waals surface area contributed by atoms with Gasteiger partial charge in [-0.2, -0.15) is 0 Å². The van der Waals surface area contributed by atoms with Crippen molar-refractivity contribution in [2.75, 3.05) is 13.1 Å². The maximum atomic E-state index is 12.0. The van der Waals surface area contributed by atoms with E-state index in [-0.39, 0.29) is 17.7 Å². The third kappa shape index (κ3) is 3.03. The number of carbonyl (C=O) groups excluding carboxylic acids is 2. The Morgan fingerprint density at radius 1 is 1.17 bits per heavy atom. The molecule has 1 N–H and O–H groups in total. The van der Waals surface area contributed by atoms with Crippen molar-refractivity contribution in [3.8, 4) is 0 Å². The maximum Gasteiger partial charge on any atom is 0.226 e. The summed E-state index contributed by atoms with van der Waals surface area (Å²) in [4.78, 5) is 24.7. The van der Waals surface area contributed by atoms with Gasteiger partial charge in [0.05, 0.1) is 5.92 Å². The molecule has 4 heteroatoms. The Balaban J connectivity index is 1.72. The van der Waals surface area contributed by atoms with Gasteiger partial charge in [0.25, 0.3) is 0 Å². The smallest absolute Gasteiger partial charge is 0.226 e. The van der Waals surface area contributed by atoms with Gasteiger partial charge in [-0.05, 0) is 31.1 Å². The van der Waals surface area contributed by atoms with E-state index in [1.807, 2.05) is 0 Å². The molecule has 2 rings (SSSR count). The van der Waals surface area contributed by atoms with Gasteiger partial charge in [0.1, 0.15) is 0 Å². The molecule has 1 saturated heterocycles. The molecule has 102 valence electrons. The van der Waals surface area contributed by atoms with Crippen molar-refractivity contribution >= 4 is 11.8 Å². The molecule has 1 aliphatic carbocycles. The Labute approximate surface area is 109 Å². The standard InChI is InChI=1S/C14H24N2O2/c1-10(17)16-8-11(9-16)13(18)15-12-4-6-14(2,3)7-5-12/h11-12H,4-9H2,1-3H3,(H,15,18). The second kappa shape index (κ2) is 4.90. The molecule has 0 bridgehead atoms. The monoisotopic (exact) mass is 252 g/mol. The molecule has 0 unspecified atom stereocenters. The van der Waals surface area contributed by atoms with Crippen LogP contribution in [0.15, 0.2) is 0 Å². The first-order valence-electron chi connectivity index (χ1n) is 6.93. The SMILES string of the molecule is CC(=O)N1CC(C(=O)NC2CCC(C)(C)CC2)C1. The molecular formula is C14H24N2O2. The molecule has 2 aliphatic rings. The summed E-state index contributed by atoms with van der Waals surface area (Å²) in [5.74, 6) is 0.222. The molecule has 18 heavy (non-hydrogen) atoms. The lowest BCUT2D eigenvalue weighted by atomic mass is 9.75. The predicted molar refractivity (Wildman–Crippen MR) is 69.9 cm³/mol. The zero-order chi connectivity index (χ0) is 13.3. The van der Waals surface area contributed by atoms with Crippen LogP contribution in [-0.2, 0) is 9.59 Å². The van der Waals surface area contributed by atoms with Crippen molar-refractivity contribution in [1.29, 1.82) is 0 Å². The third-order valence-electron chi connectivity index (χ3n) is 4.38. The lowest BCUT2D eigenvalue weighted by Crippen LogP contribution is -2.56. The van der Waals surface area contributed by atoms with Crippen LogP contribution >= 0.6 is 0 Å². The first kappa shape index (κ1) is 13.4. The lowest BCUT2D eigenvalue weighted by molar-refractivity contribution is -0.141. The van der Waals surface area contributed by atoms with Crippen LogP contribution in [0.2, 0.25) is 0 Å². The van der Waals surface area contributed by atoms with Crippen LogP contribution in [0, 0.1) is 11.3 Å². The van der Waals surface area contributed by atoms with Crippen LogP contribution in [0.4, 0.5) is 0 Å². The summed E-state index contributed by atoms with van der Waals surface area (Å²) in [6.07, 6.45) is 4.54. The van der Waals surface area contributed by atoms with Crippen molar-refractivity contribution in [1.82, 2.24) is 10.2 Å².